The highest BCUT2D eigenvalue weighted by molar-refractivity contribution is 6.47. The SMILES string of the molecule is CCOC(=O)NC(=O)/C(C#N)=N/Nc1cc(Cl)c(C2CC2c2cc(C(C)C)c(=O)[nH]n2)c(Cl)c1. The van der Waals surface area contributed by atoms with Crippen LogP contribution in [0.4, 0.5) is 10.5 Å². The Hall–Kier alpha value is -3.42. The van der Waals surface area contributed by atoms with Crippen LogP contribution in [-0.2, 0) is 9.53 Å². The number of anilines is 1. The van der Waals surface area contributed by atoms with Crippen LogP contribution in [0, 0.1) is 11.3 Å². The second kappa shape index (κ2) is 10.7. The zero-order valence-electron chi connectivity index (χ0n) is 18.6. The Kier molecular flexibility index (Phi) is 7.91. The monoisotopic (exact) mass is 504 g/mol. The number of nitriles is 1. The average Bonchev–Trinajstić information content (AvgIpc) is 3.54. The van der Waals surface area contributed by atoms with Gasteiger partial charge >= 0.3 is 6.09 Å². The quantitative estimate of drug-likeness (QED) is 0.380. The fraction of sp³-hybridized carbons (Fsp3) is 0.364. The van der Waals surface area contributed by atoms with Crippen LogP contribution >= 0.6 is 23.2 Å². The standard InChI is InChI=1S/C22H22Cl2N6O4/c1-4-34-22(33)26-21(32)18(9-25)29-27-11-5-15(23)19(16(24)6-11)14-7-13(14)17-8-12(10(2)3)20(31)30-28-17/h5-6,8,10,13-14,27H,4,7H2,1-3H3,(H,30,31)(H,26,32,33)/b29-18+. The van der Waals surface area contributed by atoms with Gasteiger partial charge in [0, 0.05) is 21.5 Å². The Morgan fingerprint density at radius 3 is 2.56 bits per heavy atom. The molecule has 2 unspecified atom stereocenters. The first-order valence-electron chi connectivity index (χ1n) is 10.5. The van der Waals surface area contributed by atoms with Crippen LogP contribution in [0.1, 0.15) is 61.8 Å². The van der Waals surface area contributed by atoms with Crippen molar-refractivity contribution in [3.8, 4) is 6.07 Å². The fourth-order valence-corrected chi connectivity index (χ4v) is 4.23. The van der Waals surface area contributed by atoms with Gasteiger partial charge in [0.05, 0.1) is 18.0 Å². The number of hydrogen-bond donors (Lipinski definition) is 3. The maximum Gasteiger partial charge on any atom is 0.414 e. The Morgan fingerprint density at radius 2 is 1.97 bits per heavy atom. The number of alkyl carbamates (subject to hydrolysis) is 1. The predicted octanol–water partition coefficient (Wildman–Crippen LogP) is 4.04. The predicted molar refractivity (Wildman–Crippen MR) is 127 cm³/mol. The molecule has 34 heavy (non-hydrogen) atoms. The smallest absolute Gasteiger partial charge is 0.414 e. The molecule has 178 valence electrons. The zero-order valence-corrected chi connectivity index (χ0v) is 20.1. The first-order valence-corrected chi connectivity index (χ1v) is 11.2. The Morgan fingerprint density at radius 1 is 1.29 bits per heavy atom. The number of aromatic amines is 1. The summed E-state index contributed by atoms with van der Waals surface area (Å²) in [5.41, 5.74) is 4.30. The van der Waals surface area contributed by atoms with E-state index in [1.54, 1.807) is 25.1 Å². The van der Waals surface area contributed by atoms with Crippen molar-refractivity contribution in [3.63, 3.8) is 0 Å². The molecule has 1 aliphatic carbocycles. The summed E-state index contributed by atoms with van der Waals surface area (Å²) >= 11 is 13.0. The highest BCUT2D eigenvalue weighted by Gasteiger charge is 2.43. The van der Waals surface area contributed by atoms with Gasteiger partial charge in [0.2, 0.25) is 5.71 Å². The van der Waals surface area contributed by atoms with Crippen molar-refractivity contribution in [2.45, 2.75) is 44.9 Å². The van der Waals surface area contributed by atoms with E-state index in [9.17, 15) is 14.4 Å². The van der Waals surface area contributed by atoms with Crippen molar-refractivity contribution in [2.75, 3.05) is 12.0 Å². The summed E-state index contributed by atoms with van der Waals surface area (Å²) in [6.07, 6.45) is -0.213. The molecule has 0 radical (unpaired) electrons. The molecular formula is C22H22Cl2N6O4. The molecule has 10 nitrogen and oxygen atoms in total. The number of hydrazone groups is 1. The Bertz CT molecular complexity index is 1230. The molecule has 12 heteroatoms. The molecule has 3 N–H and O–H groups in total. The van der Waals surface area contributed by atoms with E-state index in [2.05, 4.69) is 25.5 Å². The molecule has 0 saturated heterocycles. The van der Waals surface area contributed by atoms with Crippen LogP contribution in [0.2, 0.25) is 10.0 Å². The van der Waals surface area contributed by atoms with Gasteiger partial charge in [-0.15, -0.1) is 0 Å². The third-order valence-corrected chi connectivity index (χ3v) is 5.83. The molecule has 2 aromatic rings. The van der Waals surface area contributed by atoms with Crippen LogP contribution in [-0.4, -0.2) is 34.5 Å². The van der Waals surface area contributed by atoms with Gasteiger partial charge in [-0.3, -0.25) is 20.3 Å². The zero-order chi connectivity index (χ0) is 25.0. The lowest BCUT2D eigenvalue weighted by atomic mass is 10.0. The third-order valence-electron chi connectivity index (χ3n) is 5.20. The van der Waals surface area contributed by atoms with E-state index in [0.29, 0.717) is 21.3 Å². The number of carbonyl (C=O) groups excluding carboxylic acids is 2. The summed E-state index contributed by atoms with van der Waals surface area (Å²) in [6.45, 7) is 5.53. The molecule has 2 atom stereocenters. The first kappa shape index (κ1) is 25.2. The summed E-state index contributed by atoms with van der Waals surface area (Å²) in [4.78, 5) is 35.2. The molecule has 3 rings (SSSR count). The normalized spacial score (nSPS) is 17.1. The van der Waals surface area contributed by atoms with Crippen LogP contribution < -0.4 is 16.3 Å². The van der Waals surface area contributed by atoms with Crippen molar-refractivity contribution >= 4 is 46.6 Å². The number of hydrogen-bond acceptors (Lipinski definition) is 8. The van der Waals surface area contributed by atoms with Crippen LogP contribution in [0.3, 0.4) is 0 Å². The van der Waals surface area contributed by atoms with Crippen LogP contribution in [0.15, 0.2) is 28.1 Å². The average molecular weight is 505 g/mol. The fourth-order valence-electron chi connectivity index (χ4n) is 3.47. The van der Waals surface area contributed by atoms with E-state index >= 15 is 0 Å². The van der Waals surface area contributed by atoms with E-state index in [4.69, 9.17) is 28.5 Å². The van der Waals surface area contributed by atoms with Crippen molar-refractivity contribution in [1.82, 2.24) is 15.5 Å². The lowest BCUT2D eigenvalue weighted by molar-refractivity contribution is -0.114. The number of benzene rings is 1. The second-order valence-electron chi connectivity index (χ2n) is 7.89. The number of carbonyl (C=O) groups is 2. The van der Waals surface area contributed by atoms with Gasteiger partial charge in [-0.2, -0.15) is 15.5 Å². The first-order chi connectivity index (χ1) is 16.2. The van der Waals surface area contributed by atoms with Crippen molar-refractivity contribution in [2.24, 2.45) is 5.10 Å². The second-order valence-corrected chi connectivity index (χ2v) is 8.71. The van der Waals surface area contributed by atoms with E-state index in [-0.39, 0.29) is 29.9 Å². The third kappa shape index (κ3) is 5.73. The molecule has 0 bridgehead atoms. The summed E-state index contributed by atoms with van der Waals surface area (Å²) in [6, 6.07) is 6.56. The molecule has 1 aromatic carbocycles. The molecular weight excluding hydrogens is 483 g/mol. The Labute approximate surface area is 205 Å². The van der Waals surface area contributed by atoms with Crippen LogP contribution in [0.5, 0.6) is 0 Å². The number of amides is 2. The number of H-pyrrole nitrogens is 1. The van der Waals surface area contributed by atoms with E-state index in [1.165, 1.54) is 0 Å². The highest BCUT2D eigenvalue weighted by atomic mass is 35.5. The van der Waals surface area contributed by atoms with Crippen LogP contribution in [0.25, 0.3) is 0 Å². The summed E-state index contributed by atoms with van der Waals surface area (Å²) in [7, 11) is 0. The van der Waals surface area contributed by atoms with E-state index in [0.717, 1.165) is 17.7 Å². The number of nitrogens with zero attached hydrogens (tertiary/aromatic N) is 3. The summed E-state index contributed by atoms with van der Waals surface area (Å²) in [5, 5.41) is 22.2. The van der Waals surface area contributed by atoms with Gasteiger partial charge < -0.3 is 4.74 Å². The number of aromatic nitrogens is 2. The number of ether oxygens (including phenoxy) is 1. The van der Waals surface area contributed by atoms with Gasteiger partial charge in [0.15, 0.2) is 0 Å². The topological polar surface area (TPSA) is 149 Å². The lowest BCUT2D eigenvalue weighted by Gasteiger charge is -2.11. The molecule has 0 aliphatic heterocycles. The van der Waals surface area contributed by atoms with E-state index in [1.807, 2.05) is 25.2 Å². The maximum absolute atomic E-state index is 12.0. The number of nitrogens with one attached hydrogen (secondary N) is 3. The minimum atomic E-state index is -1.02. The van der Waals surface area contributed by atoms with E-state index < -0.39 is 17.7 Å². The maximum atomic E-state index is 12.0. The van der Waals surface area contributed by atoms with Gasteiger partial charge in [-0.25, -0.2) is 9.89 Å². The van der Waals surface area contributed by atoms with Gasteiger partial charge in [0.1, 0.15) is 6.07 Å². The number of imide groups is 1. The van der Waals surface area contributed by atoms with Gasteiger partial charge in [0.25, 0.3) is 11.5 Å². The van der Waals surface area contributed by atoms with Crippen molar-refractivity contribution in [1.29, 1.82) is 5.26 Å². The molecule has 1 fully saturated rings. The molecule has 2 amide bonds. The lowest BCUT2D eigenvalue weighted by Crippen LogP contribution is -2.36. The van der Waals surface area contributed by atoms with Crippen molar-refractivity contribution in [3.05, 3.63) is 55.4 Å². The van der Waals surface area contributed by atoms with Crippen molar-refractivity contribution < 1.29 is 14.3 Å². The van der Waals surface area contributed by atoms with Gasteiger partial charge in [-0.05, 0) is 48.9 Å². The molecule has 1 aromatic heterocycles. The van der Waals surface area contributed by atoms with Gasteiger partial charge in [-0.1, -0.05) is 37.0 Å². The number of halogens is 2. The number of rotatable bonds is 7. The Balaban J connectivity index is 1.75. The molecule has 1 aliphatic rings. The molecule has 0 spiro atoms. The molecule has 1 heterocycles. The minimum Gasteiger partial charge on any atom is -0.450 e. The summed E-state index contributed by atoms with van der Waals surface area (Å²) in [5.74, 6) is -0.852. The largest absolute Gasteiger partial charge is 0.450 e. The molecule has 1 saturated carbocycles. The highest BCUT2D eigenvalue weighted by Crippen LogP contribution is 2.57. The minimum absolute atomic E-state index is 0.0287. The summed E-state index contributed by atoms with van der Waals surface area (Å²) < 4.78 is 4.59.